The first-order chi connectivity index (χ1) is 4.86. The summed E-state index contributed by atoms with van der Waals surface area (Å²) in [6, 6.07) is 0.463. The molecule has 1 unspecified atom stereocenters. The largest absolute Gasteiger partial charge is 0.271 e. The van der Waals surface area contributed by atoms with Gasteiger partial charge in [-0.1, -0.05) is 18.9 Å². The van der Waals surface area contributed by atoms with Crippen molar-refractivity contribution < 1.29 is 0 Å². The van der Waals surface area contributed by atoms with Crippen molar-refractivity contribution in [2.45, 2.75) is 31.7 Å². The molecule has 0 aliphatic heterocycles. The van der Waals surface area contributed by atoms with E-state index in [9.17, 15) is 0 Å². The molecule has 0 aromatic rings. The summed E-state index contributed by atoms with van der Waals surface area (Å²) in [7, 11) is 0. The van der Waals surface area contributed by atoms with Crippen molar-refractivity contribution in [1.82, 2.24) is 5.43 Å². The Hall–Kier alpha value is -0.340. The van der Waals surface area contributed by atoms with E-state index in [2.05, 4.69) is 12.0 Å². The topological polar surface area (TPSA) is 38.0 Å². The number of nitrogens with one attached hydrogen (secondary N) is 1. The number of nitrogens with two attached hydrogens (primary N) is 1. The summed E-state index contributed by atoms with van der Waals surface area (Å²) in [6.07, 6.45) is 6.94. The van der Waals surface area contributed by atoms with E-state index in [1.54, 1.807) is 0 Å². The van der Waals surface area contributed by atoms with Crippen molar-refractivity contribution in [3.63, 3.8) is 0 Å². The average molecular weight is 140 g/mol. The van der Waals surface area contributed by atoms with Crippen LogP contribution in [0.3, 0.4) is 0 Å². The third-order valence-corrected chi connectivity index (χ3v) is 2.00. The normalized spacial score (nSPS) is 20.5. The van der Waals surface area contributed by atoms with Gasteiger partial charge >= 0.3 is 0 Å². The van der Waals surface area contributed by atoms with E-state index in [4.69, 9.17) is 5.84 Å². The molecule has 0 aromatic heterocycles. The molecule has 1 rings (SSSR count). The van der Waals surface area contributed by atoms with Gasteiger partial charge in [-0.05, 0) is 18.8 Å². The van der Waals surface area contributed by atoms with Gasteiger partial charge in [0.1, 0.15) is 0 Å². The fourth-order valence-corrected chi connectivity index (χ4v) is 1.19. The number of hydrogen-bond donors (Lipinski definition) is 2. The fraction of sp³-hybridized carbons (Fsp3) is 0.750. The SMILES string of the molecule is C=CCC(CC1CC1)NN. The van der Waals surface area contributed by atoms with Crippen molar-refractivity contribution in [2.75, 3.05) is 0 Å². The summed E-state index contributed by atoms with van der Waals surface area (Å²) < 4.78 is 0. The van der Waals surface area contributed by atoms with Crippen LogP contribution in [0, 0.1) is 5.92 Å². The molecular weight excluding hydrogens is 124 g/mol. The molecule has 0 spiro atoms. The van der Waals surface area contributed by atoms with Crippen molar-refractivity contribution in [2.24, 2.45) is 11.8 Å². The van der Waals surface area contributed by atoms with Crippen molar-refractivity contribution >= 4 is 0 Å². The van der Waals surface area contributed by atoms with Crippen LogP contribution in [-0.2, 0) is 0 Å². The molecule has 0 amide bonds. The van der Waals surface area contributed by atoms with Crippen molar-refractivity contribution in [3.05, 3.63) is 12.7 Å². The zero-order chi connectivity index (χ0) is 7.40. The van der Waals surface area contributed by atoms with Crippen LogP contribution in [0.4, 0.5) is 0 Å². The summed E-state index contributed by atoms with van der Waals surface area (Å²) in [6.45, 7) is 3.68. The Morgan fingerprint density at radius 2 is 2.40 bits per heavy atom. The van der Waals surface area contributed by atoms with E-state index in [0.717, 1.165) is 12.3 Å². The first-order valence-corrected chi connectivity index (χ1v) is 3.94. The molecule has 2 heteroatoms. The molecule has 1 saturated carbocycles. The standard InChI is InChI=1S/C8H16N2/c1-2-3-8(10-9)6-7-4-5-7/h2,7-8,10H,1,3-6,9H2. The maximum Gasteiger partial charge on any atom is 0.0247 e. The van der Waals surface area contributed by atoms with Crippen LogP contribution in [0.15, 0.2) is 12.7 Å². The van der Waals surface area contributed by atoms with Crippen LogP contribution < -0.4 is 11.3 Å². The second-order valence-electron chi connectivity index (χ2n) is 3.07. The Kier molecular flexibility index (Phi) is 2.90. The first-order valence-electron chi connectivity index (χ1n) is 3.94. The first kappa shape index (κ1) is 7.76. The van der Waals surface area contributed by atoms with Gasteiger partial charge in [-0.2, -0.15) is 0 Å². The van der Waals surface area contributed by atoms with E-state index in [0.29, 0.717) is 6.04 Å². The Bertz CT molecular complexity index is 108. The second kappa shape index (κ2) is 3.74. The third kappa shape index (κ3) is 2.50. The van der Waals surface area contributed by atoms with Crippen molar-refractivity contribution in [3.8, 4) is 0 Å². The lowest BCUT2D eigenvalue weighted by molar-refractivity contribution is 0.472. The van der Waals surface area contributed by atoms with Crippen LogP contribution in [0.25, 0.3) is 0 Å². The molecule has 3 N–H and O–H groups in total. The van der Waals surface area contributed by atoms with Gasteiger partial charge in [-0.3, -0.25) is 11.3 Å². The smallest absolute Gasteiger partial charge is 0.0247 e. The van der Waals surface area contributed by atoms with Crippen LogP contribution in [0.2, 0.25) is 0 Å². The summed E-state index contributed by atoms with van der Waals surface area (Å²) in [4.78, 5) is 0. The highest BCUT2D eigenvalue weighted by molar-refractivity contribution is 4.83. The molecule has 1 aliphatic rings. The van der Waals surface area contributed by atoms with Gasteiger partial charge in [0.2, 0.25) is 0 Å². The Morgan fingerprint density at radius 3 is 2.80 bits per heavy atom. The molecule has 1 aliphatic carbocycles. The molecule has 1 fully saturated rings. The highest BCUT2D eigenvalue weighted by Crippen LogP contribution is 2.33. The number of rotatable bonds is 5. The Morgan fingerprint density at radius 1 is 1.70 bits per heavy atom. The second-order valence-corrected chi connectivity index (χ2v) is 3.07. The van der Waals surface area contributed by atoms with E-state index in [1.165, 1.54) is 19.3 Å². The summed E-state index contributed by atoms with van der Waals surface area (Å²) in [5, 5.41) is 0. The van der Waals surface area contributed by atoms with Gasteiger partial charge in [0, 0.05) is 6.04 Å². The van der Waals surface area contributed by atoms with Crippen LogP contribution >= 0.6 is 0 Å². The summed E-state index contributed by atoms with van der Waals surface area (Å²) >= 11 is 0. The highest BCUT2D eigenvalue weighted by atomic mass is 15.2. The van der Waals surface area contributed by atoms with Crippen LogP contribution in [0.5, 0.6) is 0 Å². The van der Waals surface area contributed by atoms with Crippen molar-refractivity contribution in [1.29, 1.82) is 0 Å². The lowest BCUT2D eigenvalue weighted by Crippen LogP contribution is -2.34. The maximum atomic E-state index is 5.34. The minimum absolute atomic E-state index is 0.463. The molecule has 10 heavy (non-hydrogen) atoms. The molecule has 1 atom stereocenters. The average Bonchev–Trinajstić information content (AvgIpc) is 2.71. The molecule has 0 aromatic carbocycles. The van der Waals surface area contributed by atoms with Gasteiger partial charge in [-0.15, -0.1) is 6.58 Å². The highest BCUT2D eigenvalue weighted by Gasteiger charge is 2.24. The number of hydrazine groups is 1. The van der Waals surface area contributed by atoms with E-state index in [1.807, 2.05) is 6.08 Å². The van der Waals surface area contributed by atoms with Gasteiger partial charge in [0.05, 0.1) is 0 Å². The lowest BCUT2D eigenvalue weighted by atomic mass is 10.1. The summed E-state index contributed by atoms with van der Waals surface area (Å²) in [5.74, 6) is 6.28. The van der Waals surface area contributed by atoms with Gasteiger partial charge in [-0.25, -0.2) is 0 Å². The number of hydrogen-bond acceptors (Lipinski definition) is 2. The zero-order valence-electron chi connectivity index (χ0n) is 6.34. The lowest BCUT2D eigenvalue weighted by Gasteiger charge is -2.11. The van der Waals surface area contributed by atoms with Crippen LogP contribution in [-0.4, -0.2) is 6.04 Å². The van der Waals surface area contributed by atoms with Gasteiger partial charge in [0.15, 0.2) is 0 Å². The monoisotopic (exact) mass is 140 g/mol. The molecule has 0 heterocycles. The van der Waals surface area contributed by atoms with E-state index >= 15 is 0 Å². The van der Waals surface area contributed by atoms with E-state index < -0.39 is 0 Å². The van der Waals surface area contributed by atoms with Gasteiger partial charge < -0.3 is 0 Å². The predicted octanol–water partition coefficient (Wildman–Crippen LogP) is 1.19. The zero-order valence-corrected chi connectivity index (χ0v) is 6.34. The Labute approximate surface area is 62.5 Å². The summed E-state index contributed by atoms with van der Waals surface area (Å²) in [5.41, 5.74) is 2.80. The maximum absolute atomic E-state index is 5.34. The minimum Gasteiger partial charge on any atom is -0.271 e. The predicted molar refractivity (Wildman–Crippen MR) is 43.3 cm³/mol. The third-order valence-electron chi connectivity index (χ3n) is 2.00. The molecule has 58 valence electrons. The van der Waals surface area contributed by atoms with Gasteiger partial charge in [0.25, 0.3) is 0 Å². The molecule has 2 nitrogen and oxygen atoms in total. The van der Waals surface area contributed by atoms with Crippen LogP contribution in [0.1, 0.15) is 25.7 Å². The molecule has 0 radical (unpaired) electrons. The molecule has 0 bridgehead atoms. The fourth-order valence-electron chi connectivity index (χ4n) is 1.19. The Balaban J connectivity index is 2.11. The molecular formula is C8H16N2. The quantitative estimate of drug-likeness (QED) is 0.342. The molecule has 0 saturated heterocycles. The van der Waals surface area contributed by atoms with E-state index in [-0.39, 0.29) is 0 Å². The minimum atomic E-state index is 0.463.